The average Bonchev–Trinajstić information content (AvgIpc) is 3.62. The first-order chi connectivity index (χ1) is 18.1. The van der Waals surface area contributed by atoms with Gasteiger partial charge in [0.25, 0.3) is 5.91 Å². The number of hydrogen-bond acceptors (Lipinski definition) is 5. The molecule has 11 heteroatoms. The van der Waals surface area contributed by atoms with Crippen molar-refractivity contribution in [2.24, 2.45) is 5.92 Å². The fourth-order valence-electron chi connectivity index (χ4n) is 3.54. The molecule has 0 radical (unpaired) electrons. The zero-order valence-electron chi connectivity index (χ0n) is 20.3. The van der Waals surface area contributed by atoms with Gasteiger partial charge < -0.3 is 15.0 Å². The van der Waals surface area contributed by atoms with E-state index in [2.05, 4.69) is 24.8 Å². The van der Waals surface area contributed by atoms with E-state index in [4.69, 9.17) is 9.90 Å². The summed E-state index contributed by atoms with van der Waals surface area (Å²) in [6, 6.07) is 15.6. The molecule has 0 bridgehead atoms. The van der Waals surface area contributed by atoms with E-state index in [1.165, 1.54) is 12.8 Å². The number of hydrogen-bond donors (Lipinski definition) is 2. The Labute approximate surface area is 216 Å². The highest BCUT2D eigenvalue weighted by Gasteiger charge is 2.38. The summed E-state index contributed by atoms with van der Waals surface area (Å²) < 4.78 is 33.8. The van der Waals surface area contributed by atoms with Gasteiger partial charge in [-0.2, -0.15) is 13.2 Å². The van der Waals surface area contributed by atoms with Gasteiger partial charge in [0.15, 0.2) is 5.82 Å². The second-order valence-electron chi connectivity index (χ2n) is 8.82. The van der Waals surface area contributed by atoms with Crippen molar-refractivity contribution in [3.05, 3.63) is 84.7 Å². The van der Waals surface area contributed by atoms with Crippen LogP contribution in [0.1, 0.15) is 29.0 Å². The topological polar surface area (TPSA) is 110 Å². The van der Waals surface area contributed by atoms with E-state index < -0.39 is 12.1 Å². The van der Waals surface area contributed by atoms with Crippen LogP contribution in [0.2, 0.25) is 0 Å². The number of aromatic nitrogens is 4. The smallest absolute Gasteiger partial charge is 0.475 e. The number of carbonyl (C=O) groups is 2. The highest BCUT2D eigenvalue weighted by atomic mass is 19.4. The van der Waals surface area contributed by atoms with Crippen molar-refractivity contribution in [1.29, 1.82) is 0 Å². The average molecular weight is 524 g/mol. The highest BCUT2D eigenvalue weighted by Crippen LogP contribution is 2.33. The molecule has 196 valence electrons. The van der Waals surface area contributed by atoms with Crippen molar-refractivity contribution in [1.82, 2.24) is 19.5 Å². The van der Waals surface area contributed by atoms with Crippen LogP contribution >= 0.6 is 0 Å². The van der Waals surface area contributed by atoms with Crippen LogP contribution in [0.5, 0.6) is 0 Å². The van der Waals surface area contributed by atoms with Gasteiger partial charge in [-0.15, -0.1) is 0 Å². The predicted molar refractivity (Wildman–Crippen MR) is 134 cm³/mol. The zero-order chi connectivity index (χ0) is 27.3. The lowest BCUT2D eigenvalue weighted by molar-refractivity contribution is -0.192. The maximum atomic E-state index is 13.0. The number of nitrogens with one attached hydrogen (secondary N) is 1. The van der Waals surface area contributed by atoms with Gasteiger partial charge in [-0.3, -0.25) is 9.78 Å². The van der Waals surface area contributed by atoms with Crippen LogP contribution in [-0.4, -0.2) is 42.7 Å². The molecule has 1 saturated carbocycles. The van der Waals surface area contributed by atoms with Crippen LogP contribution in [0.15, 0.2) is 73.3 Å². The largest absolute Gasteiger partial charge is 0.490 e. The number of aliphatic carboxylic acids is 1. The lowest BCUT2D eigenvalue weighted by Crippen LogP contribution is -2.21. The van der Waals surface area contributed by atoms with Crippen LogP contribution in [-0.2, 0) is 11.3 Å². The summed E-state index contributed by atoms with van der Waals surface area (Å²) in [7, 11) is 0. The molecule has 8 nitrogen and oxygen atoms in total. The predicted octanol–water partition coefficient (Wildman–Crippen LogP) is 5.61. The van der Waals surface area contributed by atoms with Crippen molar-refractivity contribution < 1.29 is 27.9 Å². The van der Waals surface area contributed by atoms with Crippen LogP contribution in [0.4, 0.5) is 18.9 Å². The summed E-state index contributed by atoms with van der Waals surface area (Å²) in [6.45, 7) is 2.77. The number of nitrogens with zero attached hydrogens (tertiary/aromatic N) is 4. The number of benzene rings is 1. The molecule has 38 heavy (non-hydrogen) atoms. The standard InChI is InChI=1S/C25H23N5O.C2HF3O2/c1-17-7-10-22(14-26-17)29-25(31)23-11-20(16-30(23)15-18-8-9-18)21-12-27-24(28-13-21)19-5-3-2-4-6-19;3-2(4,5)1(6)7/h2-7,10-14,16,18H,8-9,15H2,1H3,(H,29,31);(H,6,7). The summed E-state index contributed by atoms with van der Waals surface area (Å²) in [6.07, 6.45) is 4.69. The molecule has 1 fully saturated rings. The Bertz CT molecular complexity index is 1400. The molecule has 0 aliphatic heterocycles. The molecule has 5 rings (SSSR count). The van der Waals surface area contributed by atoms with Crippen molar-refractivity contribution >= 4 is 17.6 Å². The van der Waals surface area contributed by atoms with E-state index in [1.54, 1.807) is 6.20 Å². The summed E-state index contributed by atoms with van der Waals surface area (Å²) in [5.41, 5.74) is 5.04. The first-order valence-electron chi connectivity index (χ1n) is 11.7. The molecular weight excluding hydrogens is 499 g/mol. The fraction of sp³-hybridized carbons (Fsp3) is 0.222. The van der Waals surface area contributed by atoms with Crippen LogP contribution in [0.3, 0.4) is 0 Å². The number of amides is 1. The lowest BCUT2D eigenvalue weighted by Gasteiger charge is -2.09. The van der Waals surface area contributed by atoms with E-state index in [1.807, 2.05) is 74.0 Å². The number of aryl methyl sites for hydroxylation is 1. The Morgan fingerprint density at radius 2 is 1.63 bits per heavy atom. The maximum absolute atomic E-state index is 13.0. The number of carboxylic acids is 1. The minimum atomic E-state index is -5.08. The maximum Gasteiger partial charge on any atom is 0.490 e. The quantitative estimate of drug-likeness (QED) is 0.340. The first-order valence-corrected chi connectivity index (χ1v) is 11.7. The molecule has 0 atom stereocenters. The summed E-state index contributed by atoms with van der Waals surface area (Å²) >= 11 is 0. The van der Waals surface area contributed by atoms with E-state index in [-0.39, 0.29) is 5.91 Å². The molecule has 0 spiro atoms. The fourth-order valence-corrected chi connectivity index (χ4v) is 3.54. The summed E-state index contributed by atoms with van der Waals surface area (Å²) in [5.74, 6) is -1.57. The molecule has 1 aliphatic carbocycles. The SMILES string of the molecule is Cc1ccc(NC(=O)c2cc(-c3cnc(-c4ccccc4)nc3)cn2CC2CC2)cn1.O=C(O)C(F)(F)F. The molecular formula is C27H24F3N5O3. The Hall–Kier alpha value is -4.54. The number of anilines is 1. The Balaban J connectivity index is 0.000000426. The third-order valence-electron chi connectivity index (χ3n) is 5.71. The van der Waals surface area contributed by atoms with Gasteiger partial charge in [0.2, 0.25) is 0 Å². The number of rotatable bonds is 6. The van der Waals surface area contributed by atoms with E-state index in [9.17, 15) is 18.0 Å². The molecule has 3 aromatic heterocycles. The van der Waals surface area contributed by atoms with Crippen LogP contribution in [0, 0.1) is 12.8 Å². The lowest BCUT2D eigenvalue weighted by atomic mass is 10.1. The van der Waals surface area contributed by atoms with Crippen molar-refractivity contribution in [2.75, 3.05) is 5.32 Å². The van der Waals surface area contributed by atoms with E-state index in [0.717, 1.165) is 28.9 Å². The molecule has 2 N–H and O–H groups in total. The monoisotopic (exact) mass is 523 g/mol. The van der Waals surface area contributed by atoms with Gasteiger partial charge >= 0.3 is 12.1 Å². The van der Waals surface area contributed by atoms with Gasteiger partial charge in [-0.25, -0.2) is 14.8 Å². The second-order valence-corrected chi connectivity index (χ2v) is 8.82. The summed E-state index contributed by atoms with van der Waals surface area (Å²) in [4.78, 5) is 35.2. The molecule has 0 saturated heterocycles. The number of carbonyl (C=O) groups excluding carboxylic acids is 1. The van der Waals surface area contributed by atoms with Crippen molar-refractivity contribution in [3.63, 3.8) is 0 Å². The first kappa shape index (κ1) is 26.5. The molecule has 0 unspecified atom stereocenters. The molecule has 1 amide bonds. The van der Waals surface area contributed by atoms with E-state index in [0.29, 0.717) is 23.1 Å². The number of carboxylic acid groups (broad SMARTS) is 1. The van der Waals surface area contributed by atoms with Gasteiger partial charge in [0.1, 0.15) is 5.69 Å². The van der Waals surface area contributed by atoms with Gasteiger partial charge in [0, 0.05) is 47.5 Å². The Kier molecular flexibility index (Phi) is 7.85. The number of pyridine rings is 1. The number of halogens is 3. The molecule has 1 aromatic carbocycles. The van der Waals surface area contributed by atoms with Crippen molar-refractivity contribution in [2.45, 2.75) is 32.5 Å². The van der Waals surface area contributed by atoms with Gasteiger partial charge in [-0.05, 0) is 43.9 Å². The van der Waals surface area contributed by atoms with Gasteiger partial charge in [-0.1, -0.05) is 30.3 Å². The minimum Gasteiger partial charge on any atom is -0.475 e. The summed E-state index contributed by atoms with van der Waals surface area (Å²) in [5, 5.41) is 10.1. The third-order valence-corrected chi connectivity index (χ3v) is 5.71. The highest BCUT2D eigenvalue weighted by molar-refractivity contribution is 6.04. The zero-order valence-corrected chi connectivity index (χ0v) is 20.3. The van der Waals surface area contributed by atoms with Gasteiger partial charge in [0.05, 0.1) is 11.9 Å². The van der Waals surface area contributed by atoms with Crippen LogP contribution in [0.25, 0.3) is 22.5 Å². The number of alkyl halides is 3. The third kappa shape index (κ3) is 7.02. The Morgan fingerprint density at radius 3 is 2.18 bits per heavy atom. The van der Waals surface area contributed by atoms with Crippen LogP contribution < -0.4 is 5.32 Å². The Morgan fingerprint density at radius 1 is 0.974 bits per heavy atom. The minimum absolute atomic E-state index is 0.139. The molecule has 1 aliphatic rings. The van der Waals surface area contributed by atoms with Crippen molar-refractivity contribution in [3.8, 4) is 22.5 Å². The normalized spacial score (nSPS) is 12.8. The molecule has 4 aromatic rings. The molecule has 3 heterocycles. The van der Waals surface area contributed by atoms with E-state index >= 15 is 0 Å². The second kappa shape index (κ2) is 11.2.